The molecule has 14 rings (SSSR count). The molecule has 6 aliphatic heterocycles. The molecule has 26 heteroatoms. The number of aliphatic carboxylic acids is 1. The summed E-state index contributed by atoms with van der Waals surface area (Å²) in [4.78, 5) is 119. The number of carbonyl (C=O) groups is 6. The minimum absolute atomic E-state index is 0. The predicted molar refractivity (Wildman–Crippen MR) is 473 cm³/mol. The first-order chi connectivity index (χ1) is 53.1. The Morgan fingerprint density at radius 3 is 1.24 bits per heavy atom. The summed E-state index contributed by atoms with van der Waals surface area (Å²) in [6.07, 6.45) is 12.1. The number of aromatic nitrogens is 2. The average molecular weight is 1630 g/mol. The van der Waals surface area contributed by atoms with Crippen LogP contribution in [0, 0.1) is 23.7 Å². The van der Waals surface area contributed by atoms with Crippen LogP contribution in [-0.4, -0.2) is 144 Å². The minimum Gasteiger partial charge on any atom is -0.481 e. The molecule has 0 bridgehead atoms. The first-order valence-electron chi connectivity index (χ1n) is 38.4. The van der Waals surface area contributed by atoms with Crippen LogP contribution < -0.4 is 32.1 Å². The van der Waals surface area contributed by atoms with Gasteiger partial charge in [0.15, 0.2) is 10.9 Å². The summed E-state index contributed by atoms with van der Waals surface area (Å²) in [6.45, 7) is 14.4. The number of nitrogens with zero attached hydrogens (tertiary/aromatic N) is 4. The minimum atomic E-state index is -0.949. The molecule has 2 aromatic heterocycles. The molecule has 4 amide bonds. The van der Waals surface area contributed by atoms with Gasteiger partial charge in [-0.2, -0.15) is 54.0 Å². The Balaban J connectivity index is 0.000000257. The highest BCUT2D eigenvalue weighted by Gasteiger charge is 2.40. The number of fused-ring (bicyclic) bond motifs is 2. The van der Waals surface area contributed by atoms with Crippen molar-refractivity contribution in [3.8, 4) is 44.5 Å². The number of rotatable bonds is 20. The summed E-state index contributed by atoms with van der Waals surface area (Å²) in [5.41, 5.74) is 18.9. The highest BCUT2D eigenvalue weighted by atomic mass is 32.1. The van der Waals surface area contributed by atoms with Gasteiger partial charge in [-0.15, -0.1) is 0 Å². The molecule has 4 saturated heterocycles. The lowest BCUT2D eigenvalue weighted by Gasteiger charge is -2.31. The number of carboxylic acids is 1. The van der Waals surface area contributed by atoms with E-state index in [0.717, 1.165) is 118 Å². The molecule has 8 heterocycles. The number of hydrogen-bond acceptors (Lipinski definition) is 15. The van der Waals surface area contributed by atoms with Gasteiger partial charge >= 0.3 is 24.1 Å². The van der Waals surface area contributed by atoms with Crippen LogP contribution >= 0.6 is 54.0 Å². The number of pyridine rings is 2. The monoisotopic (exact) mass is 1620 g/mol. The van der Waals surface area contributed by atoms with E-state index in [4.69, 9.17) is 24.6 Å². The molecular weight excluding hydrogens is 1520 g/mol. The maximum absolute atomic E-state index is 13.7. The second kappa shape index (κ2) is 41.0. The zero-order valence-electron chi connectivity index (χ0n) is 66.1. The van der Waals surface area contributed by atoms with Gasteiger partial charge in [0.1, 0.15) is 12.1 Å². The number of likely N-dealkylation sites (tertiary alicyclic amines) is 2. The normalized spacial score (nSPS) is 18.2. The first-order valence-corrected chi connectivity index (χ1v) is 38.4. The molecular formula is C88H108N10O12S4. The Morgan fingerprint density at radius 1 is 0.456 bits per heavy atom. The number of allylic oxidation sites excluding steroid dienone is 2. The summed E-state index contributed by atoms with van der Waals surface area (Å²) in [5.74, 6) is -2.67. The molecule has 7 atom stereocenters. The highest BCUT2D eigenvalue weighted by molar-refractivity contribution is 7.59. The third-order valence-electron chi connectivity index (χ3n) is 22.1. The van der Waals surface area contributed by atoms with E-state index in [0.29, 0.717) is 48.6 Å². The van der Waals surface area contributed by atoms with Crippen molar-refractivity contribution in [2.24, 2.45) is 33.7 Å². The predicted octanol–water partition coefficient (Wildman–Crippen LogP) is 15.0. The second-order valence-electron chi connectivity index (χ2n) is 30.3. The number of aromatic amines is 2. The van der Waals surface area contributed by atoms with E-state index in [2.05, 4.69) is 139 Å². The first kappa shape index (κ1) is 89.8. The zero-order chi connectivity index (χ0) is 77.9. The quantitative estimate of drug-likeness (QED) is 0.0276. The Labute approximate surface area is 694 Å². The molecule has 2 unspecified atom stereocenters. The van der Waals surface area contributed by atoms with Crippen LogP contribution in [0.2, 0.25) is 0 Å². The summed E-state index contributed by atoms with van der Waals surface area (Å²) < 4.78 is 13.9. The number of nitrogens with one attached hydrogen (secondary N) is 6. The van der Waals surface area contributed by atoms with E-state index >= 15 is 0 Å². The van der Waals surface area contributed by atoms with E-state index in [1.807, 2.05) is 75.3 Å². The molecule has 4 fully saturated rings. The van der Waals surface area contributed by atoms with Crippen LogP contribution in [0.15, 0.2) is 178 Å². The Kier molecular flexibility index (Phi) is 32.3. The molecule has 0 spiro atoms. The standard InChI is InChI=1S/C47H54N6O7.C33H32N4O.C8H14O4.4H2S/c1-27(2)42(50-46(57)59-5)44(55)52-21-7-9-39(52)37-24-34(26-48-37)32-17-13-30(14-18-32)29-11-15-31(16-12-29)33-19-20-35-36(23-33)49-38(25-41(35)54)40-10-8-22-53(40)45(56)43(28(3)4)51-47(58)60-6;38-33-19-32(29-4-2-16-35-29)37-30-17-25(13-14-27(30)33)23-9-5-21(6-10-23)22-7-11-24(12-8-22)26-18-31(36-20-26)28-3-1-15-34-28;1-5(2)6(8(10)11)4-7(9)12-3;;;;/h11-20,23,25-28,39-40,42-43H,7-10,21-22,24H2,1-6H3,(H,49,54)(H,50,57)(H,51,58);5-14,17,19-20,28-29,34-35H,1-4,15-16,18H2,(H,37,38);5-6H,4H2,1-3H3,(H,10,11);4*1H2/t39-,40?,42-,43-;28-,29?;6-;;;;/m000..../s1. The molecule has 0 radical (unpaired) electrons. The number of carboxylic acid groups (broad SMARTS) is 1. The van der Waals surface area contributed by atoms with Crippen molar-refractivity contribution in [3.63, 3.8) is 0 Å². The van der Waals surface area contributed by atoms with E-state index in [1.165, 1.54) is 62.1 Å². The molecule has 114 heavy (non-hydrogen) atoms. The highest BCUT2D eigenvalue weighted by Crippen LogP contribution is 2.37. The van der Waals surface area contributed by atoms with E-state index in [9.17, 15) is 38.4 Å². The number of ether oxygens (including phenoxy) is 3. The number of carbonyl (C=O) groups excluding carboxylic acids is 5. The number of H-pyrrole nitrogens is 2. The number of aliphatic imine (C=N–C) groups is 2. The number of methoxy groups -OCH3 is 3. The van der Waals surface area contributed by atoms with Crippen LogP contribution in [0.4, 0.5) is 9.59 Å². The van der Waals surface area contributed by atoms with Gasteiger partial charge in [-0.25, -0.2) is 9.59 Å². The fraction of sp³-hybridized carbons (Fsp3) is 0.386. The second-order valence-corrected chi connectivity index (χ2v) is 30.3. The van der Waals surface area contributed by atoms with Gasteiger partial charge in [-0.05, 0) is 173 Å². The fourth-order valence-electron chi connectivity index (χ4n) is 15.7. The SMILES string of the molecule is COC(=O)C[C@H](C(=O)O)C(C)C.COC(=O)N[C@H](C(=O)N1CCCC1c1cc(=O)c2ccc(-c3ccc(-c4ccc(C5=CN=C([C@@H]6CCCN6C(=O)[C@@H](NC(=O)OC)C(C)C)C5)cc4)cc3)cc2[nH]1)C(C)C.O=c1cc(C2CCCN2)[nH]c2cc(-c3ccc(-c4ccc(C5=CN=C([C@@H]6CCCN6)C5)cc4)cc3)ccc12.S.S.S.S. The number of amides is 4. The van der Waals surface area contributed by atoms with Crippen LogP contribution in [0.5, 0.6) is 0 Å². The van der Waals surface area contributed by atoms with Crippen LogP contribution in [0.3, 0.4) is 0 Å². The van der Waals surface area contributed by atoms with Crippen LogP contribution in [0.1, 0.15) is 147 Å². The lowest BCUT2D eigenvalue weighted by Crippen LogP contribution is -2.53. The molecule has 0 saturated carbocycles. The summed E-state index contributed by atoms with van der Waals surface area (Å²) in [7, 11) is 3.82. The van der Waals surface area contributed by atoms with Gasteiger partial charge in [-0.1, -0.05) is 151 Å². The fourth-order valence-corrected chi connectivity index (χ4v) is 15.7. The van der Waals surface area contributed by atoms with Gasteiger partial charge in [0.25, 0.3) is 0 Å². The van der Waals surface area contributed by atoms with Crippen LogP contribution in [0.25, 0.3) is 77.5 Å². The van der Waals surface area contributed by atoms with Crippen molar-refractivity contribution in [3.05, 3.63) is 201 Å². The van der Waals surface area contributed by atoms with E-state index < -0.39 is 42.1 Å². The number of esters is 1. The molecule has 7 N–H and O–H groups in total. The molecule has 8 aromatic rings. The molecule has 6 aliphatic rings. The summed E-state index contributed by atoms with van der Waals surface area (Å²) in [6, 6.07) is 48.3. The molecule has 6 aromatic carbocycles. The summed E-state index contributed by atoms with van der Waals surface area (Å²) in [5, 5.41) is 22.4. The van der Waals surface area contributed by atoms with Gasteiger partial charge in [0.2, 0.25) is 11.8 Å². The van der Waals surface area contributed by atoms with Crippen molar-refractivity contribution in [2.45, 2.75) is 148 Å². The Bertz CT molecular complexity index is 4970. The Morgan fingerprint density at radius 2 is 0.833 bits per heavy atom. The van der Waals surface area contributed by atoms with Gasteiger partial charge in [0, 0.05) is 96.1 Å². The average Bonchev–Trinajstić information content (AvgIpc) is 1.19. The third-order valence-corrected chi connectivity index (χ3v) is 22.1. The van der Waals surface area contributed by atoms with Gasteiger partial charge in [0.05, 0.1) is 56.8 Å². The van der Waals surface area contributed by atoms with Crippen molar-refractivity contribution < 1.29 is 48.1 Å². The maximum Gasteiger partial charge on any atom is 0.407 e. The molecule has 606 valence electrons. The van der Waals surface area contributed by atoms with E-state index in [1.54, 1.807) is 30.9 Å². The third kappa shape index (κ3) is 21.2. The van der Waals surface area contributed by atoms with Gasteiger partial charge < -0.3 is 60.4 Å². The van der Waals surface area contributed by atoms with Crippen molar-refractivity contribution in [2.75, 3.05) is 47.5 Å². The number of alkyl carbamates (subject to hydrolysis) is 2. The van der Waals surface area contributed by atoms with Gasteiger partial charge in [-0.3, -0.25) is 38.8 Å². The van der Waals surface area contributed by atoms with E-state index in [-0.39, 0.29) is 119 Å². The maximum atomic E-state index is 13.7. The lowest BCUT2D eigenvalue weighted by molar-refractivity contribution is -0.151. The number of hydrogen-bond donors (Lipinski definition) is 7. The summed E-state index contributed by atoms with van der Waals surface area (Å²) >= 11 is 0. The smallest absolute Gasteiger partial charge is 0.407 e. The number of benzene rings is 6. The Hall–Kier alpha value is -9.70. The topological polar surface area (TPSA) is 295 Å². The van der Waals surface area contributed by atoms with Crippen molar-refractivity contribution in [1.29, 1.82) is 0 Å². The van der Waals surface area contributed by atoms with Crippen molar-refractivity contribution in [1.82, 2.24) is 41.0 Å². The van der Waals surface area contributed by atoms with Crippen LogP contribution in [-0.2, 0) is 33.4 Å². The largest absolute Gasteiger partial charge is 0.481 e. The molecule has 22 nitrogen and oxygen atoms in total. The molecule has 0 aliphatic carbocycles. The lowest BCUT2D eigenvalue weighted by atomic mass is 9.93. The zero-order valence-corrected chi connectivity index (χ0v) is 70.1. The van der Waals surface area contributed by atoms with Crippen molar-refractivity contribution >= 4 is 134 Å².